The third-order valence-electron chi connectivity index (χ3n) is 4.45. The van der Waals surface area contributed by atoms with E-state index in [0.717, 1.165) is 19.3 Å². The Kier molecular flexibility index (Phi) is 4.81. The maximum Gasteiger partial charge on any atom is 0.225 e. The first-order chi connectivity index (χ1) is 9.01. The number of hydrogen-bond acceptors (Lipinski definition) is 4. The maximum atomic E-state index is 12.5. The van der Waals surface area contributed by atoms with Gasteiger partial charge in [-0.3, -0.25) is 4.79 Å². The lowest BCUT2D eigenvalue weighted by Crippen LogP contribution is -2.53. The molecular formula is C14H26N2O3. The van der Waals surface area contributed by atoms with Gasteiger partial charge in [0, 0.05) is 25.0 Å². The highest BCUT2D eigenvalue weighted by molar-refractivity contribution is 5.79. The molecule has 0 bridgehead atoms. The molecule has 110 valence electrons. The number of ether oxygens (including phenoxy) is 1. The van der Waals surface area contributed by atoms with Gasteiger partial charge in [0.05, 0.1) is 18.8 Å². The van der Waals surface area contributed by atoms with Crippen molar-refractivity contribution in [3.05, 3.63) is 0 Å². The summed E-state index contributed by atoms with van der Waals surface area (Å²) in [6.45, 7) is 5.19. The lowest BCUT2D eigenvalue weighted by molar-refractivity contribution is -0.152. The van der Waals surface area contributed by atoms with E-state index in [1.54, 1.807) is 0 Å². The van der Waals surface area contributed by atoms with Crippen LogP contribution >= 0.6 is 0 Å². The Morgan fingerprint density at radius 1 is 1.37 bits per heavy atom. The first kappa shape index (κ1) is 14.8. The lowest BCUT2D eigenvalue weighted by atomic mass is 9.79. The molecule has 1 amide bonds. The van der Waals surface area contributed by atoms with Gasteiger partial charge in [0.2, 0.25) is 5.91 Å². The fourth-order valence-electron chi connectivity index (χ4n) is 3.17. The van der Waals surface area contributed by atoms with Crippen LogP contribution in [0.25, 0.3) is 0 Å². The van der Waals surface area contributed by atoms with E-state index in [9.17, 15) is 9.90 Å². The van der Waals surface area contributed by atoms with Crippen LogP contribution in [-0.4, -0.2) is 53.9 Å². The van der Waals surface area contributed by atoms with Gasteiger partial charge in [-0.1, -0.05) is 6.92 Å². The van der Waals surface area contributed by atoms with Crippen LogP contribution in [0, 0.1) is 11.8 Å². The minimum atomic E-state index is -0.246. The highest BCUT2D eigenvalue weighted by atomic mass is 16.5. The lowest BCUT2D eigenvalue weighted by Gasteiger charge is -2.40. The molecule has 1 saturated carbocycles. The third kappa shape index (κ3) is 3.46. The highest BCUT2D eigenvalue weighted by Gasteiger charge is 2.35. The summed E-state index contributed by atoms with van der Waals surface area (Å²) >= 11 is 0. The zero-order valence-corrected chi connectivity index (χ0v) is 11.9. The Morgan fingerprint density at radius 2 is 2.11 bits per heavy atom. The smallest absolute Gasteiger partial charge is 0.225 e. The predicted molar refractivity (Wildman–Crippen MR) is 72.5 cm³/mol. The average Bonchev–Trinajstić information content (AvgIpc) is 2.40. The second-order valence-corrected chi connectivity index (χ2v) is 6.15. The van der Waals surface area contributed by atoms with Gasteiger partial charge in [-0.15, -0.1) is 0 Å². The molecule has 0 aromatic heterocycles. The number of morpholine rings is 1. The molecule has 0 aromatic rings. The van der Waals surface area contributed by atoms with Gasteiger partial charge in [0.25, 0.3) is 0 Å². The van der Waals surface area contributed by atoms with Gasteiger partial charge in [0.1, 0.15) is 0 Å². The molecule has 2 fully saturated rings. The molecule has 0 spiro atoms. The SMILES string of the molecule is CC1CN(C(=O)C2CCC(C)C(N)C2)CC(CO)O1. The number of carbonyl (C=O) groups is 1. The maximum absolute atomic E-state index is 12.5. The second kappa shape index (κ2) is 6.20. The van der Waals surface area contributed by atoms with E-state index in [2.05, 4.69) is 6.92 Å². The average molecular weight is 270 g/mol. The minimum absolute atomic E-state index is 0.00830. The summed E-state index contributed by atoms with van der Waals surface area (Å²) < 4.78 is 5.57. The van der Waals surface area contributed by atoms with Crippen LogP contribution in [-0.2, 0) is 9.53 Å². The van der Waals surface area contributed by atoms with Crippen LogP contribution in [0.15, 0.2) is 0 Å². The molecule has 2 rings (SSSR count). The fourth-order valence-corrected chi connectivity index (χ4v) is 3.17. The first-order valence-corrected chi connectivity index (χ1v) is 7.32. The molecule has 1 aliphatic carbocycles. The van der Waals surface area contributed by atoms with Crippen molar-refractivity contribution in [3.8, 4) is 0 Å². The van der Waals surface area contributed by atoms with Crippen LogP contribution in [0.4, 0.5) is 0 Å². The Hall–Kier alpha value is -0.650. The fraction of sp³-hybridized carbons (Fsp3) is 0.929. The second-order valence-electron chi connectivity index (χ2n) is 6.15. The van der Waals surface area contributed by atoms with Gasteiger partial charge in [-0.25, -0.2) is 0 Å². The molecule has 0 aromatic carbocycles. The zero-order valence-electron chi connectivity index (χ0n) is 11.9. The summed E-state index contributed by atoms with van der Waals surface area (Å²) in [7, 11) is 0. The molecule has 5 atom stereocenters. The molecule has 5 nitrogen and oxygen atoms in total. The zero-order chi connectivity index (χ0) is 14.0. The van der Waals surface area contributed by atoms with E-state index in [0.29, 0.717) is 19.0 Å². The number of aliphatic hydroxyl groups excluding tert-OH is 1. The van der Waals surface area contributed by atoms with E-state index < -0.39 is 0 Å². The largest absolute Gasteiger partial charge is 0.394 e. The summed E-state index contributed by atoms with van der Waals surface area (Å²) in [5.41, 5.74) is 6.08. The van der Waals surface area contributed by atoms with Crippen molar-refractivity contribution < 1.29 is 14.6 Å². The number of hydrogen-bond donors (Lipinski definition) is 2. The van der Waals surface area contributed by atoms with E-state index in [4.69, 9.17) is 10.5 Å². The quantitative estimate of drug-likeness (QED) is 0.759. The van der Waals surface area contributed by atoms with Crippen LogP contribution in [0.5, 0.6) is 0 Å². The van der Waals surface area contributed by atoms with E-state index in [1.807, 2.05) is 11.8 Å². The number of aliphatic hydroxyl groups is 1. The van der Waals surface area contributed by atoms with Crippen molar-refractivity contribution >= 4 is 5.91 Å². The summed E-state index contributed by atoms with van der Waals surface area (Å²) in [6, 6.07) is 0.134. The number of rotatable bonds is 2. The van der Waals surface area contributed by atoms with Crippen LogP contribution in [0.1, 0.15) is 33.1 Å². The normalized spacial score (nSPS) is 40.2. The third-order valence-corrected chi connectivity index (χ3v) is 4.45. The van der Waals surface area contributed by atoms with Gasteiger partial charge >= 0.3 is 0 Å². The van der Waals surface area contributed by atoms with Crippen molar-refractivity contribution in [1.82, 2.24) is 4.90 Å². The molecule has 1 aliphatic heterocycles. The number of nitrogens with two attached hydrogens (primary N) is 1. The summed E-state index contributed by atoms with van der Waals surface area (Å²) in [5, 5.41) is 9.21. The van der Waals surface area contributed by atoms with E-state index >= 15 is 0 Å². The summed E-state index contributed by atoms with van der Waals surface area (Å²) in [5.74, 6) is 0.754. The number of amides is 1. The molecule has 5 unspecified atom stereocenters. The number of carbonyl (C=O) groups excluding carboxylic acids is 1. The van der Waals surface area contributed by atoms with Gasteiger partial charge in [-0.2, -0.15) is 0 Å². The Bertz CT molecular complexity index is 324. The van der Waals surface area contributed by atoms with Gasteiger partial charge < -0.3 is 20.5 Å². The van der Waals surface area contributed by atoms with Crippen molar-refractivity contribution in [2.75, 3.05) is 19.7 Å². The van der Waals surface area contributed by atoms with Crippen molar-refractivity contribution in [3.63, 3.8) is 0 Å². The van der Waals surface area contributed by atoms with Crippen molar-refractivity contribution in [2.45, 2.75) is 51.4 Å². The van der Waals surface area contributed by atoms with Crippen molar-refractivity contribution in [2.24, 2.45) is 17.6 Å². The molecule has 2 aliphatic rings. The topological polar surface area (TPSA) is 75.8 Å². The molecule has 3 N–H and O–H groups in total. The summed E-state index contributed by atoms with van der Waals surface area (Å²) in [4.78, 5) is 14.4. The predicted octanol–water partition coefficient (Wildman–Crippen LogP) is 0.358. The van der Waals surface area contributed by atoms with E-state index in [-0.39, 0.29) is 36.7 Å². The number of nitrogens with zero attached hydrogens (tertiary/aromatic N) is 1. The molecule has 19 heavy (non-hydrogen) atoms. The highest BCUT2D eigenvalue weighted by Crippen LogP contribution is 2.29. The van der Waals surface area contributed by atoms with Gasteiger partial charge in [-0.05, 0) is 32.1 Å². The van der Waals surface area contributed by atoms with Crippen LogP contribution in [0.3, 0.4) is 0 Å². The van der Waals surface area contributed by atoms with Gasteiger partial charge in [0.15, 0.2) is 0 Å². The molecule has 5 heteroatoms. The molecule has 1 saturated heterocycles. The first-order valence-electron chi connectivity index (χ1n) is 7.32. The van der Waals surface area contributed by atoms with E-state index in [1.165, 1.54) is 0 Å². The standard InChI is InChI=1S/C14H26N2O3/c1-9-3-4-11(5-13(9)15)14(18)16-6-10(2)19-12(7-16)8-17/h9-13,17H,3-8,15H2,1-2H3. The minimum Gasteiger partial charge on any atom is -0.394 e. The van der Waals surface area contributed by atoms with Crippen molar-refractivity contribution in [1.29, 1.82) is 0 Å². The molecule has 1 heterocycles. The van der Waals surface area contributed by atoms with Crippen LogP contribution in [0.2, 0.25) is 0 Å². The molecule has 0 radical (unpaired) electrons. The monoisotopic (exact) mass is 270 g/mol. The van der Waals surface area contributed by atoms with Crippen LogP contribution < -0.4 is 5.73 Å². The Morgan fingerprint density at radius 3 is 2.74 bits per heavy atom. The Balaban J connectivity index is 1.95. The molecular weight excluding hydrogens is 244 g/mol. The summed E-state index contributed by atoms with van der Waals surface area (Å²) in [6.07, 6.45) is 2.49. The Labute approximate surface area is 115 Å².